The second-order valence-electron chi connectivity index (χ2n) is 5.71. The number of rotatable bonds is 5. The third-order valence-electron chi connectivity index (χ3n) is 4.08. The average Bonchev–Trinajstić information content (AvgIpc) is 3.12. The third kappa shape index (κ3) is 3.07. The highest BCUT2D eigenvalue weighted by atomic mass is 16.4. The molecule has 0 aromatic carbocycles. The molecule has 1 aliphatic rings. The topological polar surface area (TPSA) is 79.6 Å². The maximum Gasteiger partial charge on any atom is 0.216 e. The molecule has 1 saturated carbocycles. The highest BCUT2D eigenvalue weighted by Gasteiger charge is 2.27. The second-order valence-corrected chi connectivity index (χ2v) is 5.71. The van der Waals surface area contributed by atoms with Gasteiger partial charge in [0.15, 0.2) is 0 Å². The molecular weight excluding hydrogens is 254 g/mol. The van der Waals surface area contributed by atoms with Crippen LogP contribution in [0.1, 0.15) is 49.6 Å². The number of aryl methyl sites for hydroxylation is 1. The zero-order valence-corrected chi connectivity index (χ0v) is 12.0. The second kappa shape index (κ2) is 5.75. The molecule has 1 unspecified atom stereocenters. The summed E-state index contributed by atoms with van der Waals surface area (Å²) in [5.41, 5.74) is 1.21. The van der Waals surface area contributed by atoms with Gasteiger partial charge in [-0.1, -0.05) is 0 Å². The van der Waals surface area contributed by atoms with Crippen molar-refractivity contribution in [3.8, 4) is 0 Å². The Balaban J connectivity index is 1.49. The fraction of sp³-hybridized carbons (Fsp3) is 0.643. The van der Waals surface area contributed by atoms with E-state index in [1.165, 1.54) is 24.8 Å². The van der Waals surface area contributed by atoms with Crippen LogP contribution < -0.4 is 5.32 Å². The quantitative estimate of drug-likeness (QED) is 0.874. The lowest BCUT2D eigenvalue weighted by Crippen LogP contribution is -2.29. The first-order chi connectivity index (χ1) is 9.70. The van der Waals surface area contributed by atoms with Crippen LogP contribution in [0.25, 0.3) is 0 Å². The Hall–Kier alpha value is -1.69. The molecular formula is C14H21N5O. The normalized spacial score (nSPS) is 24.1. The van der Waals surface area contributed by atoms with Gasteiger partial charge in [0.05, 0.1) is 6.20 Å². The molecule has 3 atom stereocenters. The Morgan fingerprint density at radius 2 is 2.35 bits per heavy atom. The summed E-state index contributed by atoms with van der Waals surface area (Å²) < 4.78 is 5.47. The van der Waals surface area contributed by atoms with E-state index in [1.54, 1.807) is 0 Å². The van der Waals surface area contributed by atoms with Crippen LogP contribution in [0.3, 0.4) is 0 Å². The Bertz CT molecular complexity index is 536. The van der Waals surface area contributed by atoms with Crippen molar-refractivity contribution in [3.63, 3.8) is 0 Å². The van der Waals surface area contributed by atoms with Crippen LogP contribution in [0.15, 0.2) is 16.8 Å². The van der Waals surface area contributed by atoms with Gasteiger partial charge in [-0.05, 0) is 32.1 Å². The minimum absolute atomic E-state index is 0.336. The molecule has 0 saturated heterocycles. The SMILES string of the molecule is Cc1nnc(C[C@@H]2CC[C@H](NC(C)c3cn[nH]c3)C2)o1. The molecule has 2 aromatic heterocycles. The number of aromatic amines is 1. The Morgan fingerprint density at radius 3 is 3.05 bits per heavy atom. The standard InChI is InChI=1S/C14H21N5O/c1-9(12-7-15-16-8-12)17-13-4-3-11(5-13)6-14-19-18-10(2)20-14/h7-9,11,13,17H,3-6H2,1-2H3,(H,15,16)/t9?,11-,13+/m1/s1. The summed E-state index contributed by atoms with van der Waals surface area (Å²) in [5, 5.41) is 18.5. The number of aromatic nitrogens is 4. The van der Waals surface area contributed by atoms with Crippen LogP contribution in [0, 0.1) is 12.8 Å². The minimum Gasteiger partial charge on any atom is -0.426 e. The maximum absolute atomic E-state index is 5.47. The van der Waals surface area contributed by atoms with Gasteiger partial charge in [-0.2, -0.15) is 5.10 Å². The van der Waals surface area contributed by atoms with Gasteiger partial charge in [0.25, 0.3) is 0 Å². The molecule has 6 nitrogen and oxygen atoms in total. The summed E-state index contributed by atoms with van der Waals surface area (Å²) in [4.78, 5) is 0. The number of hydrogen-bond acceptors (Lipinski definition) is 5. The molecule has 0 aliphatic heterocycles. The molecule has 20 heavy (non-hydrogen) atoms. The Kier molecular flexibility index (Phi) is 3.82. The monoisotopic (exact) mass is 275 g/mol. The van der Waals surface area contributed by atoms with Gasteiger partial charge in [-0.25, -0.2) is 0 Å². The molecule has 0 radical (unpaired) electrons. The first kappa shape index (κ1) is 13.3. The van der Waals surface area contributed by atoms with E-state index >= 15 is 0 Å². The Morgan fingerprint density at radius 1 is 1.45 bits per heavy atom. The minimum atomic E-state index is 0.336. The van der Waals surface area contributed by atoms with Crippen LogP contribution in [0.5, 0.6) is 0 Å². The van der Waals surface area contributed by atoms with E-state index in [4.69, 9.17) is 4.42 Å². The molecule has 0 amide bonds. The summed E-state index contributed by atoms with van der Waals surface area (Å²) in [7, 11) is 0. The van der Waals surface area contributed by atoms with E-state index in [1.807, 2.05) is 19.3 Å². The van der Waals surface area contributed by atoms with E-state index < -0.39 is 0 Å². The molecule has 0 spiro atoms. The van der Waals surface area contributed by atoms with Gasteiger partial charge in [-0.3, -0.25) is 5.10 Å². The maximum atomic E-state index is 5.47. The zero-order valence-electron chi connectivity index (χ0n) is 12.0. The largest absolute Gasteiger partial charge is 0.426 e. The zero-order chi connectivity index (χ0) is 13.9. The van der Waals surface area contributed by atoms with Gasteiger partial charge >= 0.3 is 0 Å². The lowest BCUT2D eigenvalue weighted by atomic mass is 10.0. The van der Waals surface area contributed by atoms with Crippen LogP contribution in [0.2, 0.25) is 0 Å². The van der Waals surface area contributed by atoms with Crippen molar-refractivity contribution in [3.05, 3.63) is 29.7 Å². The molecule has 1 aliphatic carbocycles. The van der Waals surface area contributed by atoms with Crippen molar-refractivity contribution in [2.75, 3.05) is 0 Å². The van der Waals surface area contributed by atoms with Gasteiger partial charge in [0, 0.05) is 37.2 Å². The molecule has 3 rings (SSSR count). The van der Waals surface area contributed by atoms with Gasteiger partial charge in [0.1, 0.15) is 0 Å². The van der Waals surface area contributed by atoms with E-state index in [2.05, 4.69) is 32.6 Å². The molecule has 108 valence electrons. The van der Waals surface area contributed by atoms with E-state index in [-0.39, 0.29) is 0 Å². The lowest BCUT2D eigenvalue weighted by molar-refractivity contribution is 0.401. The predicted molar refractivity (Wildman–Crippen MR) is 74.0 cm³/mol. The van der Waals surface area contributed by atoms with Gasteiger partial charge in [-0.15, -0.1) is 10.2 Å². The van der Waals surface area contributed by atoms with Crippen LogP contribution in [0.4, 0.5) is 0 Å². The van der Waals surface area contributed by atoms with E-state index in [0.717, 1.165) is 12.3 Å². The summed E-state index contributed by atoms with van der Waals surface area (Å²) in [5.74, 6) is 2.07. The fourth-order valence-corrected chi connectivity index (χ4v) is 3.03. The van der Waals surface area contributed by atoms with Gasteiger partial charge in [0.2, 0.25) is 11.8 Å². The highest BCUT2D eigenvalue weighted by molar-refractivity contribution is 5.08. The van der Waals surface area contributed by atoms with Crippen LogP contribution >= 0.6 is 0 Å². The summed E-state index contributed by atoms with van der Waals surface area (Å²) in [6.07, 6.45) is 8.33. The first-order valence-electron chi connectivity index (χ1n) is 7.24. The molecule has 2 heterocycles. The Labute approximate surface area is 118 Å². The molecule has 6 heteroatoms. The molecule has 2 aromatic rings. The molecule has 2 N–H and O–H groups in total. The van der Waals surface area contributed by atoms with Gasteiger partial charge < -0.3 is 9.73 Å². The summed E-state index contributed by atoms with van der Waals surface area (Å²) in [6.45, 7) is 4.02. The number of H-pyrrole nitrogens is 1. The number of nitrogens with one attached hydrogen (secondary N) is 2. The smallest absolute Gasteiger partial charge is 0.216 e. The highest BCUT2D eigenvalue weighted by Crippen LogP contribution is 2.29. The number of hydrogen-bond donors (Lipinski definition) is 2. The molecule has 0 bridgehead atoms. The molecule has 1 fully saturated rings. The van der Waals surface area contributed by atoms with Crippen LogP contribution in [-0.2, 0) is 6.42 Å². The summed E-state index contributed by atoms with van der Waals surface area (Å²) in [6, 6.07) is 0.900. The predicted octanol–water partition coefficient (Wildman–Crippen LogP) is 2.16. The van der Waals surface area contributed by atoms with Crippen molar-refractivity contribution in [2.24, 2.45) is 5.92 Å². The third-order valence-corrected chi connectivity index (χ3v) is 4.08. The number of nitrogens with zero attached hydrogens (tertiary/aromatic N) is 3. The van der Waals surface area contributed by atoms with Crippen molar-refractivity contribution >= 4 is 0 Å². The summed E-state index contributed by atoms with van der Waals surface area (Å²) >= 11 is 0. The van der Waals surface area contributed by atoms with Crippen molar-refractivity contribution < 1.29 is 4.42 Å². The van der Waals surface area contributed by atoms with Crippen molar-refractivity contribution in [2.45, 2.75) is 51.6 Å². The lowest BCUT2D eigenvalue weighted by Gasteiger charge is -2.18. The average molecular weight is 275 g/mol. The van der Waals surface area contributed by atoms with Crippen molar-refractivity contribution in [1.82, 2.24) is 25.7 Å². The van der Waals surface area contributed by atoms with E-state index in [0.29, 0.717) is 23.9 Å². The van der Waals surface area contributed by atoms with Crippen LogP contribution in [-0.4, -0.2) is 26.4 Å². The first-order valence-corrected chi connectivity index (χ1v) is 7.24. The van der Waals surface area contributed by atoms with Crippen molar-refractivity contribution in [1.29, 1.82) is 0 Å². The van der Waals surface area contributed by atoms with E-state index in [9.17, 15) is 0 Å². The fourth-order valence-electron chi connectivity index (χ4n) is 3.03.